The number of rotatable bonds is 13. The highest BCUT2D eigenvalue weighted by atomic mass is 16.5. The van der Waals surface area contributed by atoms with Gasteiger partial charge in [-0.2, -0.15) is 0 Å². The zero-order chi connectivity index (χ0) is 23.5. The van der Waals surface area contributed by atoms with Crippen LogP contribution in [0.1, 0.15) is 43.7 Å². The molecule has 1 saturated heterocycles. The van der Waals surface area contributed by atoms with E-state index in [4.69, 9.17) is 14.2 Å². The predicted octanol–water partition coefficient (Wildman–Crippen LogP) is 4.38. The fraction of sp³-hybridized carbons (Fsp3) is 0.519. The highest BCUT2D eigenvalue weighted by Crippen LogP contribution is 2.21. The minimum atomic E-state index is 0.0207. The molecular weight excluding hydrogens is 416 g/mol. The summed E-state index contributed by atoms with van der Waals surface area (Å²) in [6.07, 6.45) is 4.59. The Morgan fingerprint density at radius 1 is 1.03 bits per heavy atom. The number of carbonyl (C=O) groups is 1. The minimum Gasteiger partial charge on any atom is -0.497 e. The summed E-state index contributed by atoms with van der Waals surface area (Å²) in [5, 5.41) is 3.25. The van der Waals surface area contributed by atoms with Crippen molar-refractivity contribution in [2.75, 3.05) is 40.0 Å². The van der Waals surface area contributed by atoms with Crippen molar-refractivity contribution in [3.8, 4) is 17.2 Å². The Kier molecular flexibility index (Phi) is 9.88. The molecule has 1 aliphatic heterocycles. The molecule has 1 N–H and O–H groups in total. The lowest BCUT2D eigenvalue weighted by atomic mass is 10.0. The lowest BCUT2D eigenvalue weighted by molar-refractivity contribution is -0.122. The van der Waals surface area contributed by atoms with Gasteiger partial charge < -0.3 is 24.4 Å². The van der Waals surface area contributed by atoms with Gasteiger partial charge in [0.25, 0.3) is 0 Å². The van der Waals surface area contributed by atoms with Gasteiger partial charge in [-0.3, -0.25) is 4.79 Å². The Bertz CT molecular complexity index is 863. The summed E-state index contributed by atoms with van der Waals surface area (Å²) in [6, 6.07) is 13.8. The van der Waals surface area contributed by atoms with E-state index in [1.807, 2.05) is 24.3 Å². The second-order valence-electron chi connectivity index (χ2n) is 8.70. The number of nitrogens with one attached hydrogen (secondary N) is 1. The van der Waals surface area contributed by atoms with E-state index in [1.54, 1.807) is 7.11 Å². The zero-order valence-electron chi connectivity index (χ0n) is 20.3. The van der Waals surface area contributed by atoms with Crippen molar-refractivity contribution in [3.05, 3.63) is 53.6 Å². The maximum absolute atomic E-state index is 12.7. The Hall–Kier alpha value is -2.73. The monoisotopic (exact) mass is 454 g/mol. The molecule has 0 radical (unpaired) electrons. The number of methoxy groups -OCH3 is 1. The van der Waals surface area contributed by atoms with E-state index in [1.165, 1.54) is 18.4 Å². The SMILES string of the molecule is CCCOc1ccc(C[C@H](CN2CCCC2)NC(=O)CCOc2ccc(OC)cc2)cc1C. The van der Waals surface area contributed by atoms with Gasteiger partial charge in [0.2, 0.25) is 5.91 Å². The maximum atomic E-state index is 12.7. The lowest BCUT2D eigenvalue weighted by Crippen LogP contribution is -2.44. The van der Waals surface area contributed by atoms with E-state index >= 15 is 0 Å². The summed E-state index contributed by atoms with van der Waals surface area (Å²) >= 11 is 0. The molecule has 0 saturated carbocycles. The van der Waals surface area contributed by atoms with Gasteiger partial charge in [0.1, 0.15) is 17.2 Å². The number of ether oxygens (including phenoxy) is 3. The number of aryl methyl sites for hydroxylation is 1. The van der Waals surface area contributed by atoms with E-state index in [9.17, 15) is 4.79 Å². The molecule has 33 heavy (non-hydrogen) atoms. The first-order valence-electron chi connectivity index (χ1n) is 12.1. The van der Waals surface area contributed by atoms with Crippen molar-refractivity contribution in [1.29, 1.82) is 0 Å². The normalized spacial score (nSPS) is 14.6. The summed E-state index contributed by atoms with van der Waals surface area (Å²) in [5.74, 6) is 2.48. The summed E-state index contributed by atoms with van der Waals surface area (Å²) in [6.45, 7) is 8.35. The van der Waals surface area contributed by atoms with Crippen LogP contribution in [0.3, 0.4) is 0 Å². The topological polar surface area (TPSA) is 60.0 Å². The number of hydrogen-bond donors (Lipinski definition) is 1. The first-order chi connectivity index (χ1) is 16.1. The molecule has 1 atom stereocenters. The van der Waals surface area contributed by atoms with Crippen LogP contribution in [0.15, 0.2) is 42.5 Å². The van der Waals surface area contributed by atoms with Crippen LogP contribution in [0.4, 0.5) is 0 Å². The molecule has 0 spiro atoms. The van der Waals surface area contributed by atoms with Gasteiger partial charge in [0.05, 0.1) is 26.7 Å². The molecule has 0 aliphatic carbocycles. The first-order valence-corrected chi connectivity index (χ1v) is 12.1. The van der Waals surface area contributed by atoms with Gasteiger partial charge in [-0.05, 0) is 87.2 Å². The molecule has 180 valence electrons. The fourth-order valence-electron chi connectivity index (χ4n) is 4.17. The summed E-state index contributed by atoms with van der Waals surface area (Å²) in [5.41, 5.74) is 2.36. The highest BCUT2D eigenvalue weighted by molar-refractivity contribution is 5.76. The predicted molar refractivity (Wildman–Crippen MR) is 131 cm³/mol. The summed E-state index contributed by atoms with van der Waals surface area (Å²) < 4.78 is 16.7. The van der Waals surface area contributed by atoms with E-state index in [2.05, 4.69) is 42.3 Å². The highest BCUT2D eigenvalue weighted by Gasteiger charge is 2.20. The van der Waals surface area contributed by atoms with Crippen molar-refractivity contribution < 1.29 is 19.0 Å². The molecule has 6 heteroatoms. The molecule has 1 heterocycles. The first kappa shape index (κ1) is 24.9. The number of hydrogen-bond acceptors (Lipinski definition) is 5. The Labute approximate surface area is 198 Å². The number of carbonyl (C=O) groups excluding carboxylic acids is 1. The van der Waals surface area contributed by atoms with Gasteiger partial charge in [-0.1, -0.05) is 19.1 Å². The smallest absolute Gasteiger partial charge is 0.223 e. The third kappa shape index (κ3) is 8.28. The molecule has 1 fully saturated rings. The zero-order valence-corrected chi connectivity index (χ0v) is 20.3. The number of likely N-dealkylation sites (tertiary alicyclic amines) is 1. The average molecular weight is 455 g/mol. The van der Waals surface area contributed by atoms with Crippen LogP contribution < -0.4 is 19.5 Å². The number of amides is 1. The third-order valence-corrected chi connectivity index (χ3v) is 5.88. The van der Waals surface area contributed by atoms with Crippen LogP contribution in [0.25, 0.3) is 0 Å². The van der Waals surface area contributed by atoms with Crippen molar-refractivity contribution in [2.45, 2.75) is 52.0 Å². The maximum Gasteiger partial charge on any atom is 0.223 e. The van der Waals surface area contributed by atoms with Gasteiger partial charge in [-0.25, -0.2) is 0 Å². The van der Waals surface area contributed by atoms with Crippen LogP contribution in [-0.4, -0.2) is 56.8 Å². The molecule has 0 bridgehead atoms. The molecular formula is C27H38N2O4. The second kappa shape index (κ2) is 13.1. The van der Waals surface area contributed by atoms with Crippen LogP contribution in [0.5, 0.6) is 17.2 Å². The standard InChI is InChI=1S/C27H38N2O4/c1-4-16-33-26-12-7-22(18-21(26)2)19-23(20-29-14-5-6-15-29)28-27(30)13-17-32-25-10-8-24(31-3)9-11-25/h7-12,18,23H,4-6,13-17,19-20H2,1-3H3,(H,28,30)/t23-/m1/s1. The van der Waals surface area contributed by atoms with Crippen LogP contribution in [0, 0.1) is 6.92 Å². The lowest BCUT2D eigenvalue weighted by Gasteiger charge is -2.25. The van der Waals surface area contributed by atoms with Crippen molar-refractivity contribution >= 4 is 5.91 Å². The molecule has 2 aromatic carbocycles. The Morgan fingerprint density at radius 3 is 2.42 bits per heavy atom. The molecule has 1 amide bonds. The van der Waals surface area contributed by atoms with Gasteiger partial charge >= 0.3 is 0 Å². The second-order valence-corrected chi connectivity index (χ2v) is 8.70. The van der Waals surface area contributed by atoms with Crippen molar-refractivity contribution in [2.24, 2.45) is 0 Å². The van der Waals surface area contributed by atoms with Crippen LogP contribution >= 0.6 is 0 Å². The van der Waals surface area contributed by atoms with Crippen molar-refractivity contribution in [3.63, 3.8) is 0 Å². The molecule has 1 aliphatic rings. The number of benzene rings is 2. The average Bonchev–Trinajstić information content (AvgIpc) is 3.32. The van der Waals surface area contributed by atoms with E-state index < -0.39 is 0 Å². The third-order valence-electron chi connectivity index (χ3n) is 5.88. The number of nitrogens with zero attached hydrogens (tertiary/aromatic N) is 1. The van der Waals surface area contributed by atoms with Gasteiger partial charge in [0, 0.05) is 12.6 Å². The molecule has 2 aromatic rings. The summed E-state index contributed by atoms with van der Waals surface area (Å²) in [4.78, 5) is 15.1. The van der Waals surface area contributed by atoms with Crippen LogP contribution in [-0.2, 0) is 11.2 Å². The van der Waals surface area contributed by atoms with Crippen LogP contribution in [0.2, 0.25) is 0 Å². The molecule has 0 aromatic heterocycles. The largest absolute Gasteiger partial charge is 0.497 e. The molecule has 3 rings (SSSR count). The van der Waals surface area contributed by atoms with Gasteiger partial charge in [0.15, 0.2) is 0 Å². The Morgan fingerprint density at radius 2 is 1.76 bits per heavy atom. The minimum absolute atomic E-state index is 0.0207. The quantitative estimate of drug-likeness (QED) is 0.487. The van der Waals surface area contributed by atoms with E-state index in [-0.39, 0.29) is 11.9 Å². The Balaban J connectivity index is 1.54. The molecule has 0 unspecified atom stereocenters. The van der Waals surface area contributed by atoms with Gasteiger partial charge in [-0.15, -0.1) is 0 Å². The van der Waals surface area contributed by atoms with E-state index in [0.717, 1.165) is 61.9 Å². The fourth-order valence-corrected chi connectivity index (χ4v) is 4.17. The van der Waals surface area contributed by atoms with E-state index in [0.29, 0.717) is 13.0 Å². The summed E-state index contributed by atoms with van der Waals surface area (Å²) in [7, 11) is 1.63. The molecule has 6 nitrogen and oxygen atoms in total. The van der Waals surface area contributed by atoms with Crippen molar-refractivity contribution in [1.82, 2.24) is 10.2 Å².